The molecule has 2 unspecified atom stereocenters. The van der Waals surface area contributed by atoms with Gasteiger partial charge in [-0.3, -0.25) is 9.59 Å². The zero-order chi connectivity index (χ0) is 25.0. The summed E-state index contributed by atoms with van der Waals surface area (Å²) in [6.45, 7) is 5.68. The quantitative estimate of drug-likeness (QED) is 0.397. The van der Waals surface area contributed by atoms with Gasteiger partial charge in [0.1, 0.15) is 0 Å². The van der Waals surface area contributed by atoms with Crippen LogP contribution >= 0.6 is 23.2 Å². The molecule has 35 heavy (non-hydrogen) atoms. The van der Waals surface area contributed by atoms with Crippen LogP contribution < -0.4 is 10.2 Å². The van der Waals surface area contributed by atoms with Crippen LogP contribution in [0.1, 0.15) is 50.4 Å². The zero-order valence-corrected chi connectivity index (χ0v) is 21.3. The number of aryl methyl sites for hydroxylation is 1. The van der Waals surface area contributed by atoms with Crippen molar-refractivity contribution in [1.29, 1.82) is 0 Å². The van der Waals surface area contributed by atoms with E-state index in [1.165, 1.54) is 23.4 Å². The van der Waals surface area contributed by atoms with Crippen LogP contribution in [0.3, 0.4) is 0 Å². The molecule has 3 aliphatic rings. The zero-order valence-electron chi connectivity index (χ0n) is 19.8. The van der Waals surface area contributed by atoms with Crippen LogP contribution in [0.2, 0.25) is 10.0 Å². The standard InChI is InChI=1S/C14H15N3.C13H11Cl2NO2/c1-10-9-13(11-7-8-11)17-14(15-10)16-12-5-3-2-4-6-12;1-12-6-13(12,2)11(18)16(10(12)17)9-4-7(14)3-8(15)5-9/h2-6,9,11H,7-8H2,1H3,(H,15,16,17);3-5H,6H2,1-2H3. The molecule has 8 heteroatoms. The Morgan fingerprint density at radius 3 is 2.09 bits per heavy atom. The molecule has 2 atom stereocenters. The highest BCUT2D eigenvalue weighted by atomic mass is 35.5. The van der Waals surface area contributed by atoms with Crippen LogP contribution in [-0.2, 0) is 9.59 Å². The number of anilines is 3. The van der Waals surface area contributed by atoms with Gasteiger partial charge >= 0.3 is 0 Å². The number of fused-ring (bicyclic) bond motifs is 1. The van der Waals surface area contributed by atoms with Gasteiger partial charge in [0.05, 0.1) is 16.5 Å². The van der Waals surface area contributed by atoms with Crippen molar-refractivity contribution in [2.45, 2.75) is 46.0 Å². The summed E-state index contributed by atoms with van der Waals surface area (Å²) in [6, 6.07) is 16.9. The number of carbonyl (C=O) groups is 2. The summed E-state index contributed by atoms with van der Waals surface area (Å²) >= 11 is 11.8. The van der Waals surface area contributed by atoms with Gasteiger partial charge in [-0.15, -0.1) is 0 Å². The average molecular weight is 509 g/mol. The first-order chi connectivity index (χ1) is 16.6. The summed E-state index contributed by atoms with van der Waals surface area (Å²) < 4.78 is 0. The van der Waals surface area contributed by atoms with E-state index in [1.54, 1.807) is 18.2 Å². The molecule has 1 N–H and O–H groups in total. The lowest BCUT2D eigenvalue weighted by Gasteiger charge is -2.19. The van der Waals surface area contributed by atoms with E-state index in [4.69, 9.17) is 23.2 Å². The topological polar surface area (TPSA) is 75.2 Å². The molecule has 180 valence electrons. The number of nitrogens with zero attached hydrogens (tertiary/aromatic N) is 3. The fourth-order valence-corrected chi connectivity index (χ4v) is 5.18. The Kier molecular flexibility index (Phi) is 5.85. The second-order valence-electron chi connectivity index (χ2n) is 9.94. The molecular formula is C27H26Cl2N4O2. The molecule has 1 aliphatic heterocycles. The summed E-state index contributed by atoms with van der Waals surface area (Å²) in [5.41, 5.74) is 2.57. The van der Waals surface area contributed by atoms with Crippen molar-refractivity contribution in [3.8, 4) is 0 Å². The SMILES string of the molecule is CC12CC1(C)C(=O)N(c1cc(Cl)cc(Cl)c1)C2=O.Cc1cc(C2CC2)nc(Nc2ccccc2)n1. The number of hydrogen-bond donors (Lipinski definition) is 1. The molecule has 6 rings (SSSR count). The van der Waals surface area contributed by atoms with Crippen LogP contribution in [0, 0.1) is 17.8 Å². The van der Waals surface area contributed by atoms with Gasteiger partial charge in [-0.25, -0.2) is 14.9 Å². The first kappa shape index (κ1) is 23.8. The Hall–Kier alpha value is -2.96. The van der Waals surface area contributed by atoms with Crippen molar-refractivity contribution in [2.75, 3.05) is 10.2 Å². The van der Waals surface area contributed by atoms with Crippen molar-refractivity contribution < 1.29 is 9.59 Å². The molecule has 2 saturated carbocycles. The predicted molar refractivity (Wildman–Crippen MR) is 138 cm³/mol. The average Bonchev–Trinajstić information content (AvgIpc) is 3.70. The van der Waals surface area contributed by atoms with Crippen molar-refractivity contribution in [3.05, 3.63) is 76.0 Å². The van der Waals surface area contributed by atoms with E-state index < -0.39 is 10.8 Å². The predicted octanol–water partition coefficient (Wildman–Crippen LogP) is 6.69. The Labute approximate surface area is 214 Å². The maximum Gasteiger partial charge on any atom is 0.240 e. The van der Waals surface area contributed by atoms with Gasteiger partial charge in [0.15, 0.2) is 0 Å². The van der Waals surface area contributed by atoms with Gasteiger partial charge in [0.2, 0.25) is 17.8 Å². The van der Waals surface area contributed by atoms with Crippen LogP contribution in [0.15, 0.2) is 54.6 Å². The summed E-state index contributed by atoms with van der Waals surface area (Å²) in [5.74, 6) is 1.05. The maximum atomic E-state index is 12.3. The number of piperidine rings is 1. The number of carbonyl (C=O) groups excluding carboxylic acids is 2. The van der Waals surface area contributed by atoms with Gasteiger partial charge < -0.3 is 5.32 Å². The summed E-state index contributed by atoms with van der Waals surface area (Å²) in [6.07, 6.45) is 3.16. The molecule has 0 bridgehead atoms. The van der Waals surface area contributed by atoms with E-state index in [1.807, 2.05) is 51.1 Å². The first-order valence-corrected chi connectivity index (χ1v) is 12.4. The van der Waals surface area contributed by atoms with E-state index in [2.05, 4.69) is 21.4 Å². The van der Waals surface area contributed by atoms with Crippen molar-refractivity contribution >= 4 is 52.3 Å². The second-order valence-corrected chi connectivity index (χ2v) is 10.8. The number of imide groups is 1. The number of benzene rings is 2. The molecule has 1 aromatic heterocycles. The fraction of sp³-hybridized carbons (Fsp3) is 0.333. The summed E-state index contributed by atoms with van der Waals surface area (Å²) in [7, 11) is 0. The third kappa shape index (κ3) is 4.41. The Morgan fingerprint density at radius 2 is 1.51 bits per heavy atom. The third-order valence-electron chi connectivity index (χ3n) is 7.16. The van der Waals surface area contributed by atoms with Crippen molar-refractivity contribution in [2.24, 2.45) is 10.8 Å². The van der Waals surface area contributed by atoms with Crippen LogP contribution in [0.5, 0.6) is 0 Å². The van der Waals surface area contributed by atoms with Crippen LogP contribution in [-0.4, -0.2) is 21.8 Å². The number of amides is 2. The summed E-state index contributed by atoms with van der Waals surface area (Å²) in [4.78, 5) is 34.8. The van der Waals surface area contributed by atoms with E-state index in [-0.39, 0.29) is 11.8 Å². The van der Waals surface area contributed by atoms with Gasteiger partial charge in [0.25, 0.3) is 0 Å². The third-order valence-corrected chi connectivity index (χ3v) is 7.59. The second kappa shape index (κ2) is 8.61. The Balaban J connectivity index is 0.000000145. The highest BCUT2D eigenvalue weighted by Crippen LogP contribution is 2.69. The maximum absolute atomic E-state index is 12.3. The largest absolute Gasteiger partial charge is 0.324 e. The minimum Gasteiger partial charge on any atom is -0.324 e. The van der Waals surface area contributed by atoms with Gasteiger partial charge in [-0.1, -0.05) is 41.4 Å². The molecule has 3 aromatic rings. The fourth-order valence-electron chi connectivity index (χ4n) is 4.66. The lowest BCUT2D eigenvalue weighted by atomic mass is 10.00. The molecule has 2 amide bonds. The number of halogens is 2. The van der Waals surface area contributed by atoms with Crippen molar-refractivity contribution in [3.63, 3.8) is 0 Å². The van der Waals surface area contributed by atoms with Gasteiger partial charge in [0, 0.05) is 33.0 Å². The van der Waals surface area contributed by atoms with Crippen LogP contribution in [0.4, 0.5) is 17.3 Å². The minimum atomic E-state index is -0.557. The highest BCUT2D eigenvalue weighted by molar-refractivity contribution is 6.36. The monoisotopic (exact) mass is 508 g/mol. The van der Waals surface area contributed by atoms with Gasteiger partial charge in [-0.2, -0.15) is 0 Å². The lowest BCUT2D eigenvalue weighted by molar-refractivity contribution is -0.125. The Bertz CT molecular complexity index is 1280. The number of aromatic nitrogens is 2. The smallest absolute Gasteiger partial charge is 0.240 e. The lowest BCUT2D eigenvalue weighted by Crippen LogP contribution is -2.35. The molecule has 2 aromatic carbocycles. The molecule has 0 radical (unpaired) electrons. The van der Waals surface area contributed by atoms with Gasteiger partial charge in [-0.05, 0) is 76.4 Å². The molecule has 2 aliphatic carbocycles. The van der Waals surface area contributed by atoms with E-state index in [0.717, 1.165) is 11.4 Å². The molecule has 6 nitrogen and oxygen atoms in total. The number of rotatable bonds is 4. The number of para-hydroxylation sites is 1. The molecule has 3 fully saturated rings. The van der Waals surface area contributed by atoms with E-state index >= 15 is 0 Å². The highest BCUT2D eigenvalue weighted by Gasteiger charge is 2.77. The summed E-state index contributed by atoms with van der Waals surface area (Å²) in [5, 5.41) is 4.07. The molecule has 2 heterocycles. The molecule has 1 saturated heterocycles. The van der Waals surface area contributed by atoms with Crippen molar-refractivity contribution in [1.82, 2.24) is 9.97 Å². The first-order valence-electron chi connectivity index (χ1n) is 11.6. The van der Waals surface area contributed by atoms with E-state index in [0.29, 0.717) is 34.0 Å². The normalized spacial score (nSPS) is 24.5. The number of nitrogens with one attached hydrogen (secondary N) is 1. The Morgan fingerprint density at radius 1 is 0.914 bits per heavy atom. The number of hydrogen-bond acceptors (Lipinski definition) is 5. The molecular weight excluding hydrogens is 483 g/mol. The molecule has 0 spiro atoms. The van der Waals surface area contributed by atoms with E-state index in [9.17, 15) is 9.59 Å². The minimum absolute atomic E-state index is 0.159. The van der Waals surface area contributed by atoms with Crippen LogP contribution in [0.25, 0.3) is 0 Å².